The molecule has 53 heavy (non-hydrogen) atoms. The summed E-state index contributed by atoms with van der Waals surface area (Å²) >= 11 is 1.23. The van der Waals surface area contributed by atoms with Gasteiger partial charge in [-0.2, -0.15) is 0 Å². The lowest BCUT2D eigenvalue weighted by molar-refractivity contribution is -0.169. The molecular weight excluding hydrogens is 704 g/mol. The zero-order valence-corrected chi connectivity index (χ0v) is 31.6. The summed E-state index contributed by atoms with van der Waals surface area (Å²) < 4.78 is 31.7. The van der Waals surface area contributed by atoms with Gasteiger partial charge in [0.1, 0.15) is 35.8 Å². The largest absolute Gasteiger partial charge is 0.458 e. The fraction of sp³-hybridized carbons (Fsp3) is 0.744. The molecule has 0 bridgehead atoms. The van der Waals surface area contributed by atoms with Crippen molar-refractivity contribution < 1.29 is 52.5 Å². The fourth-order valence-corrected chi connectivity index (χ4v) is 12.3. The van der Waals surface area contributed by atoms with E-state index in [0.29, 0.717) is 36.7 Å². The Bertz CT molecular complexity index is 1770. The molecule has 2 spiro atoms. The highest BCUT2D eigenvalue weighted by Gasteiger charge is 3.01. The van der Waals surface area contributed by atoms with E-state index in [4.69, 9.17) is 23.7 Å². The Balaban J connectivity index is 0.777. The number of thioether (sulfide) groups is 1. The summed E-state index contributed by atoms with van der Waals surface area (Å²) in [5, 5.41) is 2.82. The lowest BCUT2D eigenvalue weighted by Crippen LogP contribution is -2.70. The van der Waals surface area contributed by atoms with Gasteiger partial charge in [-0.3, -0.25) is 28.9 Å². The van der Waals surface area contributed by atoms with Crippen molar-refractivity contribution in [2.24, 2.45) is 29.1 Å². The topological polar surface area (TPSA) is 174 Å². The van der Waals surface area contributed by atoms with Gasteiger partial charge in [0.05, 0.1) is 17.4 Å². The Hall–Kier alpha value is -3.07. The number of ether oxygens (including phenoxy) is 5. The quantitative estimate of drug-likeness (QED) is 0.134. The van der Waals surface area contributed by atoms with Crippen LogP contribution in [0.15, 0.2) is 22.1 Å². The van der Waals surface area contributed by atoms with Crippen LogP contribution >= 0.6 is 11.8 Å². The summed E-state index contributed by atoms with van der Waals surface area (Å²) in [5.41, 5.74) is -0.780. The number of ketones is 1. The molecule has 0 aromatic carbocycles. The summed E-state index contributed by atoms with van der Waals surface area (Å²) in [6, 6.07) is 0. The Morgan fingerprint density at radius 1 is 1.06 bits per heavy atom. The van der Waals surface area contributed by atoms with Crippen LogP contribution in [0.25, 0.3) is 0 Å². The zero-order chi connectivity index (χ0) is 37.2. The van der Waals surface area contributed by atoms with Crippen molar-refractivity contribution in [2.75, 3.05) is 25.4 Å². The van der Waals surface area contributed by atoms with Crippen molar-refractivity contribution in [3.05, 3.63) is 22.1 Å². The van der Waals surface area contributed by atoms with Crippen molar-refractivity contribution >= 4 is 47.2 Å². The van der Waals surface area contributed by atoms with Crippen LogP contribution in [-0.4, -0.2) is 107 Å². The van der Waals surface area contributed by atoms with Crippen LogP contribution in [0.3, 0.4) is 0 Å². The first-order chi connectivity index (χ1) is 25.3. The van der Waals surface area contributed by atoms with Gasteiger partial charge in [0, 0.05) is 48.2 Å². The van der Waals surface area contributed by atoms with E-state index in [-0.39, 0.29) is 96.3 Å². The highest BCUT2D eigenvalue weighted by molar-refractivity contribution is 8.04. The van der Waals surface area contributed by atoms with Crippen LogP contribution in [0.5, 0.6) is 0 Å². The maximum atomic E-state index is 13.5. The lowest BCUT2D eigenvalue weighted by Gasteiger charge is -2.53. The number of carbonyl (C=O) groups excluding carboxylic acids is 6. The maximum absolute atomic E-state index is 13.5. The van der Waals surface area contributed by atoms with Crippen molar-refractivity contribution in [2.45, 2.75) is 127 Å². The second-order valence-electron chi connectivity index (χ2n) is 17.2. The number of hydrogen-bond acceptors (Lipinski definition) is 12. The third kappa shape index (κ3) is 4.99. The molecule has 286 valence electrons. The summed E-state index contributed by atoms with van der Waals surface area (Å²) in [6.45, 7) is 8.91. The number of nitrogens with one attached hydrogen (secondary N) is 1. The van der Waals surface area contributed by atoms with Crippen molar-refractivity contribution in [3.63, 3.8) is 0 Å². The highest BCUT2D eigenvalue weighted by Crippen LogP contribution is 2.83. The van der Waals surface area contributed by atoms with E-state index < -0.39 is 28.9 Å². The molecule has 3 saturated carbocycles. The number of hydrogen-bond donors (Lipinski definition) is 1. The fourth-order valence-electron chi connectivity index (χ4n) is 11.5. The molecule has 9 aliphatic rings. The van der Waals surface area contributed by atoms with E-state index >= 15 is 0 Å². The van der Waals surface area contributed by atoms with Crippen LogP contribution in [0.4, 0.5) is 0 Å². The standard InChI is InChI=1S/C39H48N2O11S/c1-19(2)37-31(51-37)32-39(52-32)36(4)12-11-23-24(18-48-34(23)47)25(36)15-27-38(39,50-27)35(37)49-30(45)10-9-28(43)40-13-14-53-26-16-29(44)41(33(26)46)17-21-5-7-22(8-6-21)20(3)42/h16,19,21-22,25,27,31-32,35H,5-15,17-18H2,1-4H3,(H,40,43)/t21?,22?,25?,27-,31?,32-,35+,36-,37-,38+,39+/m1/s1. The molecule has 5 aliphatic heterocycles. The molecule has 13 nitrogen and oxygen atoms in total. The maximum Gasteiger partial charge on any atom is 0.334 e. The van der Waals surface area contributed by atoms with Crippen LogP contribution in [-0.2, 0) is 52.5 Å². The minimum absolute atomic E-state index is 0.0246. The number of Topliss-reactive ketones (excluding diaryl/α,β-unsaturated/α-hetero) is 1. The molecule has 3 amide bonds. The smallest absolute Gasteiger partial charge is 0.334 e. The number of cyclic esters (lactones) is 1. The third-order valence-corrected chi connectivity index (χ3v) is 15.4. The van der Waals surface area contributed by atoms with Gasteiger partial charge in [-0.15, -0.1) is 11.8 Å². The molecule has 2 unspecified atom stereocenters. The van der Waals surface area contributed by atoms with E-state index in [9.17, 15) is 28.8 Å². The summed E-state index contributed by atoms with van der Waals surface area (Å²) in [4.78, 5) is 77.7. The van der Waals surface area contributed by atoms with Gasteiger partial charge in [-0.25, -0.2) is 4.79 Å². The molecule has 6 fully saturated rings. The molecule has 4 aliphatic carbocycles. The Kier molecular flexibility index (Phi) is 8.21. The predicted octanol–water partition coefficient (Wildman–Crippen LogP) is 2.93. The Morgan fingerprint density at radius 3 is 2.57 bits per heavy atom. The SMILES string of the molecule is CC(=O)C1CCC(CN2C(=O)C=C(SCCNC(=O)CCC(=O)O[C@H]3[C@]4(C(C)C)OC4[C@H]4O[C@@]45[C@@]34O[C@@H]4CC3C4=C(CC[C@]35C)C(=O)OC4)C2=O)CC1. The number of imide groups is 1. The van der Waals surface area contributed by atoms with Crippen LogP contribution < -0.4 is 5.32 Å². The van der Waals surface area contributed by atoms with Gasteiger partial charge in [0.15, 0.2) is 11.7 Å². The molecular formula is C39H48N2O11S. The van der Waals surface area contributed by atoms with Crippen molar-refractivity contribution in [1.29, 1.82) is 0 Å². The number of rotatable bonds is 12. The number of fused-ring (bicyclic) bond motifs is 4. The van der Waals surface area contributed by atoms with Gasteiger partial charge in [0.2, 0.25) is 5.91 Å². The Labute approximate surface area is 312 Å². The molecule has 0 aromatic rings. The number of amides is 3. The van der Waals surface area contributed by atoms with Gasteiger partial charge in [-0.05, 0) is 75.2 Å². The number of esters is 2. The first-order valence-electron chi connectivity index (χ1n) is 19.4. The lowest BCUT2D eigenvalue weighted by atomic mass is 9.46. The summed E-state index contributed by atoms with van der Waals surface area (Å²) in [5.74, 6) is -0.703. The van der Waals surface area contributed by atoms with Crippen LogP contribution in [0.2, 0.25) is 0 Å². The van der Waals surface area contributed by atoms with E-state index in [0.717, 1.165) is 43.3 Å². The van der Waals surface area contributed by atoms with Gasteiger partial charge >= 0.3 is 11.9 Å². The third-order valence-electron chi connectivity index (χ3n) is 14.4. The molecule has 9 rings (SSSR count). The summed E-state index contributed by atoms with van der Waals surface area (Å²) in [6.07, 6.45) is 5.12. The molecule has 3 saturated heterocycles. The van der Waals surface area contributed by atoms with Crippen LogP contribution in [0.1, 0.15) is 85.5 Å². The van der Waals surface area contributed by atoms with E-state index in [1.54, 1.807) is 6.92 Å². The molecule has 0 aromatic heterocycles. The zero-order valence-electron chi connectivity index (χ0n) is 30.7. The van der Waals surface area contributed by atoms with E-state index in [1.165, 1.54) is 22.7 Å². The second kappa shape index (κ2) is 12.2. The molecule has 0 radical (unpaired) electrons. The highest BCUT2D eigenvalue weighted by atomic mass is 32.2. The second-order valence-corrected chi connectivity index (χ2v) is 18.3. The average Bonchev–Trinajstić information content (AvgIpc) is 4.06. The number of epoxide rings is 3. The normalized spacial score (nSPS) is 42.7. The van der Waals surface area contributed by atoms with Gasteiger partial charge < -0.3 is 29.0 Å². The minimum Gasteiger partial charge on any atom is -0.458 e. The van der Waals surface area contributed by atoms with Crippen molar-refractivity contribution in [3.8, 4) is 0 Å². The molecule has 14 heteroatoms. The van der Waals surface area contributed by atoms with E-state index in [2.05, 4.69) is 26.1 Å². The first-order valence-corrected chi connectivity index (χ1v) is 20.4. The number of carbonyl (C=O) groups is 6. The minimum atomic E-state index is -0.852. The molecule has 1 N–H and O–H groups in total. The van der Waals surface area contributed by atoms with Gasteiger partial charge in [-0.1, -0.05) is 20.8 Å². The average molecular weight is 753 g/mol. The number of nitrogens with zero attached hydrogens (tertiary/aromatic N) is 1. The van der Waals surface area contributed by atoms with Gasteiger partial charge in [0.25, 0.3) is 11.8 Å². The Morgan fingerprint density at radius 2 is 1.83 bits per heavy atom. The molecule has 5 heterocycles. The van der Waals surface area contributed by atoms with Crippen molar-refractivity contribution in [1.82, 2.24) is 10.2 Å². The molecule has 9 atom stereocenters. The first kappa shape index (κ1) is 35.6. The monoisotopic (exact) mass is 752 g/mol. The van der Waals surface area contributed by atoms with Crippen LogP contribution in [0, 0.1) is 29.1 Å². The van der Waals surface area contributed by atoms with E-state index in [1.807, 2.05) is 0 Å². The predicted molar refractivity (Wildman–Crippen MR) is 187 cm³/mol. The summed E-state index contributed by atoms with van der Waals surface area (Å²) in [7, 11) is 0.